The molecule has 2 heterocycles. The Labute approximate surface area is 131 Å². The molecule has 2 aromatic heterocycles. The quantitative estimate of drug-likeness (QED) is 0.704. The van der Waals surface area contributed by atoms with Crippen molar-refractivity contribution < 1.29 is 0 Å². The van der Waals surface area contributed by atoms with Crippen molar-refractivity contribution >= 4 is 33.2 Å². The number of H-pyrrole nitrogens is 1. The molecule has 3 nitrogen and oxygen atoms in total. The van der Waals surface area contributed by atoms with E-state index >= 15 is 0 Å². The summed E-state index contributed by atoms with van der Waals surface area (Å²) in [6, 6.07) is 6.24. The number of rotatable bonds is 2. The van der Waals surface area contributed by atoms with Crippen molar-refractivity contribution in [3.63, 3.8) is 0 Å². The second-order valence-corrected chi connectivity index (χ2v) is 6.73. The molecule has 0 amide bonds. The van der Waals surface area contributed by atoms with E-state index in [4.69, 9.17) is 11.6 Å². The predicted molar refractivity (Wildman–Crippen MR) is 89.4 cm³/mol. The normalized spacial score (nSPS) is 12.8. The first kappa shape index (κ1) is 14.3. The molecule has 3 rings (SSSR count). The van der Waals surface area contributed by atoms with Gasteiger partial charge in [-0.15, -0.1) is 22.9 Å². The van der Waals surface area contributed by atoms with Crippen molar-refractivity contribution in [3.05, 3.63) is 50.9 Å². The minimum absolute atomic E-state index is 0.126. The summed E-state index contributed by atoms with van der Waals surface area (Å²) in [5, 5.41) is 2.33. The third kappa shape index (κ3) is 2.49. The van der Waals surface area contributed by atoms with Crippen LogP contribution in [0.25, 0.3) is 21.3 Å². The molecular weight excluding hydrogens is 304 g/mol. The SMILES string of the molecule is Cc1ccc(-c2csc3nc(C(C)Cl)[nH]c(=O)c23)c(C)c1. The largest absolute Gasteiger partial charge is 0.309 e. The van der Waals surface area contributed by atoms with Gasteiger partial charge in [0.15, 0.2) is 0 Å². The maximum atomic E-state index is 12.4. The number of halogens is 1. The van der Waals surface area contributed by atoms with E-state index in [-0.39, 0.29) is 10.9 Å². The lowest BCUT2D eigenvalue weighted by Crippen LogP contribution is -2.11. The minimum Gasteiger partial charge on any atom is -0.309 e. The number of fused-ring (bicyclic) bond motifs is 1. The van der Waals surface area contributed by atoms with E-state index in [2.05, 4.69) is 42.0 Å². The summed E-state index contributed by atoms with van der Waals surface area (Å²) in [4.78, 5) is 20.4. The highest BCUT2D eigenvalue weighted by atomic mass is 35.5. The highest BCUT2D eigenvalue weighted by Crippen LogP contribution is 2.33. The van der Waals surface area contributed by atoms with Crippen LogP contribution in [0.2, 0.25) is 0 Å². The second kappa shape index (κ2) is 5.28. The standard InChI is InChI=1S/C16H15ClN2OS/c1-8-4-5-11(9(2)6-8)12-7-21-16-13(12)15(20)18-14(19-16)10(3)17/h4-7,10H,1-3H3,(H,18,19,20). The Hall–Kier alpha value is -1.65. The number of aromatic nitrogens is 2. The number of alkyl halides is 1. The zero-order valence-corrected chi connectivity index (χ0v) is 13.6. The molecule has 0 aliphatic rings. The fourth-order valence-corrected chi connectivity index (χ4v) is 3.52. The average Bonchev–Trinajstić information content (AvgIpc) is 2.83. The van der Waals surface area contributed by atoms with Gasteiger partial charge >= 0.3 is 0 Å². The Morgan fingerprint density at radius 2 is 2.05 bits per heavy atom. The van der Waals surface area contributed by atoms with Gasteiger partial charge in [-0.1, -0.05) is 23.8 Å². The molecule has 0 radical (unpaired) electrons. The van der Waals surface area contributed by atoms with Gasteiger partial charge in [-0.3, -0.25) is 4.79 Å². The molecule has 21 heavy (non-hydrogen) atoms. The molecule has 0 aliphatic carbocycles. The lowest BCUT2D eigenvalue weighted by molar-refractivity contribution is 0.917. The van der Waals surface area contributed by atoms with Crippen LogP contribution in [0.3, 0.4) is 0 Å². The molecule has 0 saturated carbocycles. The molecule has 1 unspecified atom stereocenters. The number of nitrogens with zero attached hydrogens (tertiary/aromatic N) is 1. The van der Waals surface area contributed by atoms with E-state index in [1.165, 1.54) is 16.9 Å². The third-order valence-electron chi connectivity index (χ3n) is 3.51. The molecule has 0 fully saturated rings. The molecule has 0 spiro atoms. The van der Waals surface area contributed by atoms with Crippen LogP contribution in [0.15, 0.2) is 28.4 Å². The number of hydrogen-bond acceptors (Lipinski definition) is 3. The van der Waals surface area contributed by atoms with Gasteiger partial charge in [0, 0.05) is 10.9 Å². The fourth-order valence-electron chi connectivity index (χ4n) is 2.47. The first-order chi connectivity index (χ1) is 9.97. The van der Waals surface area contributed by atoms with Gasteiger partial charge in [0.25, 0.3) is 5.56 Å². The molecule has 0 saturated heterocycles. The summed E-state index contributed by atoms with van der Waals surface area (Å²) in [7, 11) is 0. The average molecular weight is 319 g/mol. The van der Waals surface area contributed by atoms with E-state index < -0.39 is 0 Å². The predicted octanol–water partition coefficient (Wildman–Crippen LogP) is 4.57. The number of benzene rings is 1. The third-order valence-corrected chi connectivity index (χ3v) is 4.59. The Kier molecular flexibility index (Phi) is 3.59. The first-order valence-electron chi connectivity index (χ1n) is 6.70. The molecule has 108 valence electrons. The minimum atomic E-state index is -0.311. The van der Waals surface area contributed by atoms with Crippen molar-refractivity contribution in [2.45, 2.75) is 26.1 Å². The van der Waals surface area contributed by atoms with Crippen molar-refractivity contribution in [2.24, 2.45) is 0 Å². The van der Waals surface area contributed by atoms with Crippen LogP contribution in [0.1, 0.15) is 29.3 Å². The van der Waals surface area contributed by atoms with Crippen molar-refractivity contribution in [2.75, 3.05) is 0 Å². The summed E-state index contributed by atoms with van der Waals surface area (Å²) < 4.78 is 0. The highest BCUT2D eigenvalue weighted by molar-refractivity contribution is 7.17. The van der Waals surface area contributed by atoms with Crippen molar-refractivity contribution in [3.8, 4) is 11.1 Å². The lowest BCUT2D eigenvalue weighted by Gasteiger charge is -2.06. The maximum absolute atomic E-state index is 12.4. The van der Waals surface area contributed by atoms with Crippen LogP contribution in [-0.2, 0) is 0 Å². The molecule has 1 atom stereocenters. The summed E-state index contributed by atoms with van der Waals surface area (Å²) in [6.45, 7) is 5.91. The second-order valence-electron chi connectivity index (χ2n) is 5.22. The van der Waals surface area contributed by atoms with Gasteiger partial charge in [-0.2, -0.15) is 0 Å². The first-order valence-corrected chi connectivity index (χ1v) is 8.02. The van der Waals surface area contributed by atoms with Crippen LogP contribution in [0.4, 0.5) is 0 Å². The molecule has 1 N–H and O–H groups in total. The number of aromatic amines is 1. The van der Waals surface area contributed by atoms with Crippen LogP contribution in [0.5, 0.6) is 0 Å². The smallest absolute Gasteiger partial charge is 0.260 e. The van der Waals surface area contributed by atoms with E-state index in [9.17, 15) is 4.79 Å². The van der Waals surface area contributed by atoms with Gasteiger partial charge in [0.2, 0.25) is 0 Å². The van der Waals surface area contributed by atoms with Crippen LogP contribution >= 0.6 is 22.9 Å². The zero-order chi connectivity index (χ0) is 15.1. The van der Waals surface area contributed by atoms with Gasteiger partial charge < -0.3 is 4.98 Å². The Morgan fingerprint density at radius 3 is 2.71 bits per heavy atom. The summed E-state index contributed by atoms with van der Waals surface area (Å²) in [6.07, 6.45) is 0. The number of thiophene rings is 1. The van der Waals surface area contributed by atoms with Crippen LogP contribution in [-0.4, -0.2) is 9.97 Å². The maximum Gasteiger partial charge on any atom is 0.260 e. The van der Waals surface area contributed by atoms with Gasteiger partial charge in [0.1, 0.15) is 10.7 Å². The van der Waals surface area contributed by atoms with Crippen molar-refractivity contribution in [1.29, 1.82) is 0 Å². The van der Waals surface area contributed by atoms with Gasteiger partial charge in [-0.25, -0.2) is 4.98 Å². The molecule has 1 aromatic carbocycles. The van der Waals surface area contributed by atoms with Gasteiger partial charge in [0.05, 0.1) is 10.8 Å². The summed E-state index contributed by atoms with van der Waals surface area (Å²) in [5.41, 5.74) is 4.25. The summed E-state index contributed by atoms with van der Waals surface area (Å²) in [5.74, 6) is 0.517. The van der Waals surface area contributed by atoms with E-state index in [0.29, 0.717) is 11.2 Å². The van der Waals surface area contributed by atoms with E-state index in [1.807, 2.05) is 5.38 Å². The van der Waals surface area contributed by atoms with Crippen LogP contribution < -0.4 is 5.56 Å². The Balaban J connectivity index is 2.28. The lowest BCUT2D eigenvalue weighted by atomic mass is 9.99. The zero-order valence-electron chi connectivity index (χ0n) is 12.0. The monoisotopic (exact) mass is 318 g/mol. The van der Waals surface area contributed by atoms with E-state index in [0.717, 1.165) is 21.5 Å². The fraction of sp³-hybridized carbons (Fsp3) is 0.250. The van der Waals surface area contributed by atoms with Gasteiger partial charge in [-0.05, 0) is 31.9 Å². The Morgan fingerprint density at radius 1 is 1.29 bits per heavy atom. The molecule has 3 aromatic rings. The molecular formula is C16H15ClN2OS. The molecule has 0 bridgehead atoms. The number of nitrogens with one attached hydrogen (secondary N) is 1. The number of hydrogen-bond donors (Lipinski definition) is 1. The Bertz CT molecular complexity index is 880. The molecule has 5 heteroatoms. The summed E-state index contributed by atoms with van der Waals surface area (Å²) >= 11 is 7.49. The highest BCUT2D eigenvalue weighted by Gasteiger charge is 2.15. The van der Waals surface area contributed by atoms with E-state index in [1.54, 1.807) is 6.92 Å². The topological polar surface area (TPSA) is 45.8 Å². The van der Waals surface area contributed by atoms with Crippen molar-refractivity contribution in [1.82, 2.24) is 9.97 Å². The number of aryl methyl sites for hydroxylation is 2. The molecule has 0 aliphatic heterocycles. The van der Waals surface area contributed by atoms with Crippen LogP contribution in [0, 0.1) is 13.8 Å².